The van der Waals surface area contributed by atoms with Gasteiger partial charge in [-0.25, -0.2) is 4.90 Å². The van der Waals surface area contributed by atoms with Crippen molar-refractivity contribution in [3.63, 3.8) is 0 Å². The third-order valence-corrected chi connectivity index (χ3v) is 7.62. The molecule has 2 saturated heterocycles. The Labute approximate surface area is 201 Å². The summed E-state index contributed by atoms with van der Waals surface area (Å²) in [5, 5.41) is 14.5. The smallest absolute Gasteiger partial charge is 0.325 e. The number of nitrogens with zero attached hydrogens (tertiary/aromatic N) is 1. The molecule has 1 aromatic heterocycles. The number of rotatable bonds is 6. The molecule has 2 N–H and O–H groups in total. The molecule has 5 unspecified atom stereocenters. The van der Waals surface area contributed by atoms with E-state index in [9.17, 15) is 24.3 Å². The number of anilines is 1. The number of fused-ring (bicyclic) bond motifs is 2. The highest BCUT2D eigenvalue weighted by Crippen LogP contribution is 2.53. The van der Waals surface area contributed by atoms with Crippen LogP contribution in [0.3, 0.4) is 0 Å². The Morgan fingerprint density at radius 3 is 2.40 bits per heavy atom. The molecule has 0 aliphatic carbocycles. The lowest BCUT2D eigenvalue weighted by molar-refractivity contribution is -0.151. The second-order valence-electron chi connectivity index (χ2n) is 9.41. The zero-order valence-corrected chi connectivity index (χ0v) is 19.6. The fraction of sp³-hybridized carbons (Fsp3) is 0.333. The van der Waals surface area contributed by atoms with Gasteiger partial charge in [0, 0.05) is 10.9 Å². The molecule has 5 atom stereocenters. The minimum absolute atomic E-state index is 0.136. The van der Waals surface area contributed by atoms with Gasteiger partial charge in [0.05, 0.1) is 23.6 Å². The fourth-order valence-corrected chi connectivity index (χ4v) is 5.62. The monoisotopic (exact) mass is 474 g/mol. The van der Waals surface area contributed by atoms with E-state index in [1.54, 1.807) is 43.3 Å². The molecule has 3 heterocycles. The Kier molecular flexibility index (Phi) is 5.36. The maximum atomic E-state index is 13.8. The normalized spacial score (nSPS) is 26.8. The summed E-state index contributed by atoms with van der Waals surface area (Å²) in [6, 6.07) is 14.6. The number of amides is 2. The van der Waals surface area contributed by atoms with E-state index in [1.165, 1.54) is 6.92 Å². The van der Waals surface area contributed by atoms with Gasteiger partial charge in [0.15, 0.2) is 5.78 Å². The quantitative estimate of drug-likeness (QED) is 0.410. The van der Waals surface area contributed by atoms with Crippen LogP contribution in [0.4, 0.5) is 5.69 Å². The van der Waals surface area contributed by atoms with Gasteiger partial charge in [0.2, 0.25) is 11.8 Å². The lowest BCUT2D eigenvalue weighted by Gasteiger charge is -2.35. The number of benzene rings is 2. The average Bonchev–Trinajstić information content (AvgIpc) is 3.50. The molecule has 35 heavy (non-hydrogen) atoms. The number of aliphatic carboxylic acids is 1. The molecule has 0 radical (unpaired) electrons. The summed E-state index contributed by atoms with van der Waals surface area (Å²) in [6.45, 7) is 5.07. The molecule has 2 amide bonds. The van der Waals surface area contributed by atoms with Crippen molar-refractivity contribution < 1.29 is 28.7 Å². The number of Topliss-reactive ketones (excluding diaryl/α,β-unsaturated/α-hetero) is 1. The molecular weight excluding hydrogens is 448 g/mol. The van der Waals surface area contributed by atoms with Crippen LogP contribution in [0.1, 0.15) is 49.4 Å². The number of carbonyl (C=O) groups is 4. The third kappa shape index (κ3) is 3.24. The highest BCUT2D eigenvalue weighted by molar-refractivity contribution is 6.24. The number of furan rings is 1. The maximum absolute atomic E-state index is 13.8. The van der Waals surface area contributed by atoms with Crippen molar-refractivity contribution in [2.45, 2.75) is 38.8 Å². The Balaban J connectivity index is 1.65. The fourth-order valence-electron chi connectivity index (χ4n) is 5.62. The zero-order valence-electron chi connectivity index (χ0n) is 19.6. The molecule has 2 aliphatic heterocycles. The van der Waals surface area contributed by atoms with E-state index in [0.717, 1.165) is 10.3 Å². The summed E-state index contributed by atoms with van der Waals surface area (Å²) in [6.07, 6.45) is 0.490. The summed E-state index contributed by atoms with van der Waals surface area (Å²) in [7, 11) is 0. The minimum Gasteiger partial charge on any atom is -0.480 e. The number of nitrogens with one attached hydrogen (secondary N) is 1. The van der Waals surface area contributed by atoms with Crippen molar-refractivity contribution in [1.29, 1.82) is 0 Å². The molecule has 180 valence electrons. The second-order valence-corrected chi connectivity index (χ2v) is 9.41. The highest BCUT2D eigenvalue weighted by atomic mass is 16.4. The van der Waals surface area contributed by atoms with Gasteiger partial charge in [-0.15, -0.1) is 0 Å². The predicted octanol–water partition coefficient (Wildman–Crippen LogP) is 3.96. The number of hydrogen-bond donors (Lipinski definition) is 2. The first kappa shape index (κ1) is 23.0. The minimum atomic E-state index is -1.65. The Bertz CT molecular complexity index is 1330. The van der Waals surface area contributed by atoms with Gasteiger partial charge in [-0.1, -0.05) is 38.5 Å². The van der Waals surface area contributed by atoms with Gasteiger partial charge in [-0.05, 0) is 49.2 Å². The van der Waals surface area contributed by atoms with Crippen LogP contribution in [0.5, 0.6) is 0 Å². The molecule has 0 spiro atoms. The number of imide groups is 1. The highest BCUT2D eigenvalue weighted by Gasteiger charge is 2.70. The SMILES string of the molecule is CCC(C)C1(C(=O)O)NC(c2cc3ccccc3o2)C2C(=O)N(c3ccc(C(C)=O)cc3)C(=O)C21. The lowest BCUT2D eigenvalue weighted by atomic mass is 9.72. The first-order valence-corrected chi connectivity index (χ1v) is 11.7. The predicted molar refractivity (Wildman–Crippen MR) is 128 cm³/mol. The van der Waals surface area contributed by atoms with Crippen molar-refractivity contribution in [2.75, 3.05) is 4.90 Å². The number of carbonyl (C=O) groups excluding carboxylic acids is 3. The van der Waals surface area contributed by atoms with Gasteiger partial charge >= 0.3 is 5.97 Å². The maximum Gasteiger partial charge on any atom is 0.325 e. The second kappa shape index (κ2) is 8.16. The van der Waals surface area contributed by atoms with Crippen molar-refractivity contribution >= 4 is 40.2 Å². The van der Waals surface area contributed by atoms with Gasteiger partial charge in [0.25, 0.3) is 0 Å². The molecule has 2 aliphatic rings. The van der Waals surface area contributed by atoms with Gasteiger partial charge in [-0.3, -0.25) is 24.5 Å². The molecule has 3 aromatic rings. The molecule has 8 heteroatoms. The van der Waals surface area contributed by atoms with E-state index >= 15 is 0 Å². The van der Waals surface area contributed by atoms with Gasteiger partial charge in [0.1, 0.15) is 16.9 Å². The largest absolute Gasteiger partial charge is 0.480 e. The topological polar surface area (TPSA) is 117 Å². The average molecular weight is 475 g/mol. The van der Waals surface area contributed by atoms with Crippen molar-refractivity contribution in [1.82, 2.24) is 5.32 Å². The molecule has 0 bridgehead atoms. The standard InChI is InChI=1S/C27H26N2O6/c1-4-14(2)27(26(33)34)22-21(23(28-27)20-13-17-7-5-6-8-19(17)35-20)24(31)29(25(22)32)18-11-9-16(10-12-18)15(3)30/h5-14,21-23,28H,4H2,1-3H3,(H,33,34). The van der Waals surface area contributed by atoms with E-state index in [-0.39, 0.29) is 5.78 Å². The van der Waals surface area contributed by atoms with E-state index in [1.807, 2.05) is 25.1 Å². The first-order valence-electron chi connectivity index (χ1n) is 11.7. The van der Waals surface area contributed by atoms with Crippen LogP contribution in [-0.2, 0) is 14.4 Å². The van der Waals surface area contributed by atoms with Crippen LogP contribution in [0.15, 0.2) is 59.0 Å². The van der Waals surface area contributed by atoms with Crippen molar-refractivity contribution in [2.24, 2.45) is 17.8 Å². The van der Waals surface area contributed by atoms with Crippen LogP contribution in [-0.4, -0.2) is 34.2 Å². The molecular formula is C27H26N2O6. The summed E-state index contributed by atoms with van der Waals surface area (Å²) in [4.78, 5) is 53.2. The van der Waals surface area contributed by atoms with Gasteiger partial charge < -0.3 is 9.52 Å². The van der Waals surface area contributed by atoms with Crippen LogP contribution in [0.2, 0.25) is 0 Å². The summed E-state index contributed by atoms with van der Waals surface area (Å²) in [5.74, 6) is -4.46. The van der Waals surface area contributed by atoms with E-state index in [2.05, 4.69) is 5.32 Å². The zero-order chi connectivity index (χ0) is 25.1. The van der Waals surface area contributed by atoms with Crippen LogP contribution in [0.25, 0.3) is 11.0 Å². The Morgan fingerprint density at radius 2 is 1.80 bits per heavy atom. The Hall–Kier alpha value is -3.78. The van der Waals surface area contributed by atoms with Crippen molar-refractivity contribution in [3.8, 4) is 0 Å². The van der Waals surface area contributed by atoms with E-state index in [0.29, 0.717) is 29.0 Å². The van der Waals surface area contributed by atoms with E-state index < -0.39 is 47.1 Å². The number of para-hydroxylation sites is 1. The van der Waals surface area contributed by atoms with Gasteiger partial charge in [-0.2, -0.15) is 0 Å². The molecule has 2 aromatic carbocycles. The lowest BCUT2D eigenvalue weighted by Crippen LogP contribution is -2.59. The third-order valence-electron chi connectivity index (χ3n) is 7.62. The van der Waals surface area contributed by atoms with Crippen LogP contribution < -0.4 is 10.2 Å². The van der Waals surface area contributed by atoms with Crippen LogP contribution >= 0.6 is 0 Å². The van der Waals surface area contributed by atoms with Crippen molar-refractivity contribution in [3.05, 3.63) is 65.9 Å². The number of carboxylic acid groups (broad SMARTS) is 1. The molecule has 5 rings (SSSR count). The molecule has 0 saturated carbocycles. The van der Waals surface area contributed by atoms with Crippen LogP contribution in [0, 0.1) is 17.8 Å². The number of carboxylic acids is 1. The Morgan fingerprint density at radius 1 is 1.11 bits per heavy atom. The van der Waals surface area contributed by atoms with E-state index in [4.69, 9.17) is 4.42 Å². The molecule has 2 fully saturated rings. The molecule has 8 nitrogen and oxygen atoms in total. The summed E-state index contributed by atoms with van der Waals surface area (Å²) >= 11 is 0. The summed E-state index contributed by atoms with van der Waals surface area (Å²) in [5.41, 5.74) is -0.268. The number of hydrogen-bond acceptors (Lipinski definition) is 6. The summed E-state index contributed by atoms with van der Waals surface area (Å²) < 4.78 is 6.04. The number of ketones is 1. The first-order chi connectivity index (χ1) is 16.7.